The maximum atomic E-state index is 15.5. The first-order valence-corrected chi connectivity index (χ1v) is 12.4. The lowest BCUT2D eigenvalue weighted by Gasteiger charge is -2.38. The summed E-state index contributed by atoms with van der Waals surface area (Å²) in [6, 6.07) is 39.9. The molecule has 6 rings (SSSR count). The Kier molecular flexibility index (Phi) is 6.01. The Morgan fingerprint density at radius 2 is 1.13 bits per heavy atom. The number of benzene rings is 5. The average Bonchev–Trinajstić information content (AvgIpc) is 3.37. The van der Waals surface area contributed by atoms with E-state index in [0.717, 1.165) is 10.8 Å². The Bertz CT molecular complexity index is 1540. The van der Waals surface area contributed by atoms with Gasteiger partial charge in [-0.05, 0) is 46.2 Å². The van der Waals surface area contributed by atoms with Gasteiger partial charge < -0.3 is 0 Å². The number of halogens is 3. The molecule has 1 unspecified atom stereocenters. The zero-order chi connectivity index (χ0) is 26.2. The first kappa shape index (κ1) is 24.0. The number of nitrogens with zero attached hydrogens (tertiary/aromatic N) is 1. The zero-order valence-corrected chi connectivity index (χ0v) is 20.3. The van der Waals surface area contributed by atoms with Gasteiger partial charge in [-0.25, -0.2) is 9.90 Å². The number of anilines is 1. The predicted octanol–water partition coefficient (Wildman–Crippen LogP) is 8.77. The van der Waals surface area contributed by atoms with E-state index >= 15 is 13.2 Å². The van der Waals surface area contributed by atoms with Crippen LogP contribution in [-0.2, 0) is 4.84 Å². The topological polar surface area (TPSA) is 12.5 Å². The molecule has 0 spiro atoms. The summed E-state index contributed by atoms with van der Waals surface area (Å²) in [4.78, 5) is 6.17. The maximum Gasteiger partial charge on any atom is 0.424 e. The quantitative estimate of drug-likeness (QED) is 0.236. The Morgan fingerprint density at radius 1 is 0.605 bits per heavy atom. The molecule has 0 aromatic heterocycles. The molecular formula is C33H24F3NO. The van der Waals surface area contributed by atoms with Crippen LogP contribution in [-0.4, -0.2) is 11.8 Å². The number of hydrogen-bond donors (Lipinski definition) is 0. The third-order valence-electron chi connectivity index (χ3n) is 6.99. The van der Waals surface area contributed by atoms with E-state index in [1.54, 1.807) is 84.9 Å². The van der Waals surface area contributed by atoms with Crippen LogP contribution in [0.4, 0.5) is 18.9 Å². The van der Waals surface area contributed by atoms with Crippen LogP contribution in [0.5, 0.6) is 0 Å². The first-order valence-electron chi connectivity index (χ1n) is 12.4. The van der Waals surface area contributed by atoms with Crippen LogP contribution in [0.25, 0.3) is 16.5 Å². The molecule has 38 heavy (non-hydrogen) atoms. The number of hydroxylamine groups is 1. The van der Waals surface area contributed by atoms with Crippen LogP contribution in [0, 0.1) is 0 Å². The Labute approximate surface area is 219 Å². The Hall–Kier alpha value is -4.35. The highest BCUT2D eigenvalue weighted by Crippen LogP contribution is 2.54. The Balaban J connectivity index is 1.62. The summed E-state index contributed by atoms with van der Waals surface area (Å²) in [6.07, 6.45) is -3.48. The van der Waals surface area contributed by atoms with Crippen molar-refractivity contribution in [2.24, 2.45) is 0 Å². The SMILES string of the molecule is FC(F)(F)C1(C(c2ccccc2)c2ccccc2)C=C(c2ccc3ccccc3c2)N(c2ccccc2)O1. The highest BCUT2D eigenvalue weighted by molar-refractivity contribution is 5.89. The van der Waals surface area contributed by atoms with Crippen molar-refractivity contribution in [2.45, 2.75) is 17.7 Å². The van der Waals surface area contributed by atoms with E-state index in [9.17, 15) is 0 Å². The Morgan fingerprint density at radius 3 is 1.71 bits per heavy atom. The van der Waals surface area contributed by atoms with Gasteiger partial charge in [-0.1, -0.05) is 115 Å². The smallest absolute Gasteiger partial charge is 0.247 e. The summed E-state index contributed by atoms with van der Waals surface area (Å²) in [5.41, 5.74) is -0.139. The molecule has 2 nitrogen and oxygen atoms in total. The van der Waals surface area contributed by atoms with Gasteiger partial charge in [0.1, 0.15) is 0 Å². The van der Waals surface area contributed by atoms with Crippen LogP contribution >= 0.6 is 0 Å². The molecule has 5 heteroatoms. The second-order valence-electron chi connectivity index (χ2n) is 9.36. The molecule has 0 N–H and O–H groups in total. The number of hydrogen-bond acceptors (Lipinski definition) is 2. The molecule has 1 aliphatic heterocycles. The van der Waals surface area contributed by atoms with Crippen molar-refractivity contribution >= 4 is 22.2 Å². The molecule has 1 heterocycles. The molecule has 0 aliphatic carbocycles. The van der Waals surface area contributed by atoms with Crippen molar-refractivity contribution in [1.29, 1.82) is 0 Å². The van der Waals surface area contributed by atoms with E-state index in [2.05, 4.69) is 0 Å². The predicted molar refractivity (Wildman–Crippen MR) is 145 cm³/mol. The average molecular weight is 508 g/mol. The highest BCUT2D eigenvalue weighted by Gasteiger charge is 2.65. The molecule has 0 bridgehead atoms. The number of para-hydroxylation sites is 1. The van der Waals surface area contributed by atoms with E-state index in [0.29, 0.717) is 28.1 Å². The summed E-state index contributed by atoms with van der Waals surface area (Å²) in [7, 11) is 0. The van der Waals surface area contributed by atoms with Crippen LogP contribution in [0.2, 0.25) is 0 Å². The molecule has 5 aromatic rings. The summed E-state index contributed by atoms with van der Waals surface area (Å²) in [5, 5.41) is 3.28. The molecule has 0 radical (unpaired) electrons. The zero-order valence-electron chi connectivity index (χ0n) is 20.3. The van der Waals surface area contributed by atoms with Crippen molar-refractivity contribution in [3.63, 3.8) is 0 Å². The van der Waals surface area contributed by atoms with Gasteiger partial charge in [-0.3, -0.25) is 0 Å². The molecule has 188 valence electrons. The van der Waals surface area contributed by atoms with Crippen molar-refractivity contribution in [3.8, 4) is 0 Å². The van der Waals surface area contributed by atoms with Gasteiger partial charge >= 0.3 is 6.18 Å². The van der Waals surface area contributed by atoms with Crippen LogP contribution in [0.3, 0.4) is 0 Å². The first-order chi connectivity index (χ1) is 18.5. The van der Waals surface area contributed by atoms with E-state index in [1.165, 1.54) is 11.1 Å². The lowest BCUT2D eigenvalue weighted by Crippen LogP contribution is -2.51. The van der Waals surface area contributed by atoms with Gasteiger partial charge in [0.05, 0.1) is 17.3 Å². The van der Waals surface area contributed by atoms with Gasteiger partial charge in [0, 0.05) is 5.56 Å². The molecule has 1 atom stereocenters. The third kappa shape index (κ3) is 4.15. The molecule has 0 amide bonds. The van der Waals surface area contributed by atoms with Crippen molar-refractivity contribution in [1.82, 2.24) is 0 Å². The molecule has 0 fully saturated rings. The summed E-state index contributed by atoms with van der Waals surface area (Å²) in [6.45, 7) is 0. The summed E-state index contributed by atoms with van der Waals surface area (Å²) in [5.74, 6) is -1.14. The van der Waals surface area contributed by atoms with Gasteiger partial charge in [-0.2, -0.15) is 13.2 Å². The minimum absolute atomic E-state index is 0.344. The fourth-order valence-electron chi connectivity index (χ4n) is 5.20. The largest absolute Gasteiger partial charge is 0.424 e. The fraction of sp³-hybridized carbons (Fsp3) is 0.0909. The minimum atomic E-state index is -4.74. The van der Waals surface area contributed by atoms with Gasteiger partial charge in [0.15, 0.2) is 0 Å². The number of fused-ring (bicyclic) bond motifs is 1. The standard InChI is InChI=1S/C33H24F3NO/c34-33(35,36)32(31(25-13-4-1-5-14-25)26-15-6-2-7-16-26)23-30(37(38-32)29-18-8-3-9-19-29)28-21-20-24-12-10-11-17-27(24)22-28/h1-23,31H. The third-order valence-corrected chi connectivity index (χ3v) is 6.99. The van der Waals surface area contributed by atoms with Crippen LogP contribution < -0.4 is 5.06 Å². The molecule has 1 aliphatic rings. The normalized spacial score (nSPS) is 17.7. The van der Waals surface area contributed by atoms with Gasteiger partial charge in [-0.15, -0.1) is 0 Å². The van der Waals surface area contributed by atoms with Gasteiger partial charge in [0.25, 0.3) is 0 Å². The second kappa shape index (κ2) is 9.51. The lowest BCUT2D eigenvalue weighted by molar-refractivity contribution is -0.257. The molecular weight excluding hydrogens is 483 g/mol. The number of rotatable bonds is 5. The van der Waals surface area contributed by atoms with Crippen LogP contribution in [0.15, 0.2) is 140 Å². The van der Waals surface area contributed by atoms with Crippen LogP contribution in [0.1, 0.15) is 22.6 Å². The molecule has 5 aromatic carbocycles. The number of alkyl halides is 3. The fourth-order valence-corrected chi connectivity index (χ4v) is 5.20. The van der Waals surface area contributed by atoms with E-state index in [1.807, 2.05) is 48.5 Å². The van der Waals surface area contributed by atoms with E-state index in [-0.39, 0.29) is 0 Å². The summed E-state index contributed by atoms with van der Waals surface area (Å²) < 4.78 is 46.4. The van der Waals surface area contributed by atoms with Crippen molar-refractivity contribution in [2.75, 3.05) is 5.06 Å². The maximum absolute atomic E-state index is 15.5. The lowest BCUT2D eigenvalue weighted by atomic mass is 9.76. The van der Waals surface area contributed by atoms with E-state index < -0.39 is 17.7 Å². The second-order valence-corrected chi connectivity index (χ2v) is 9.36. The van der Waals surface area contributed by atoms with Gasteiger partial charge in [0.2, 0.25) is 5.60 Å². The van der Waals surface area contributed by atoms with Crippen molar-refractivity contribution < 1.29 is 18.0 Å². The molecule has 0 saturated heterocycles. The minimum Gasteiger partial charge on any atom is -0.247 e. The summed E-state index contributed by atoms with van der Waals surface area (Å²) >= 11 is 0. The van der Waals surface area contributed by atoms with E-state index in [4.69, 9.17) is 4.84 Å². The van der Waals surface area contributed by atoms with Crippen molar-refractivity contribution in [3.05, 3.63) is 156 Å². The monoisotopic (exact) mass is 507 g/mol. The molecule has 0 saturated carbocycles. The highest BCUT2D eigenvalue weighted by atomic mass is 19.4.